The molecule has 1 aliphatic rings. The molecule has 2 aromatic rings. The minimum atomic E-state index is 0.880. The van der Waals surface area contributed by atoms with Crippen molar-refractivity contribution in [2.24, 2.45) is 0 Å². The highest BCUT2D eigenvalue weighted by molar-refractivity contribution is 5.75. The summed E-state index contributed by atoms with van der Waals surface area (Å²) >= 11 is 0. The van der Waals surface area contributed by atoms with Crippen molar-refractivity contribution in [1.29, 1.82) is 0 Å². The number of nitrogens with one attached hydrogen (secondary N) is 1. The van der Waals surface area contributed by atoms with Crippen LogP contribution in [0.3, 0.4) is 0 Å². The van der Waals surface area contributed by atoms with Crippen LogP contribution in [0.2, 0.25) is 0 Å². The minimum absolute atomic E-state index is 0.880. The molecule has 0 radical (unpaired) electrons. The summed E-state index contributed by atoms with van der Waals surface area (Å²) in [4.78, 5) is 2.48. The van der Waals surface area contributed by atoms with Gasteiger partial charge in [0.2, 0.25) is 0 Å². The SMILES string of the molecule is COc1ccc(Nc2ccccc2N2CCCCC2)cc1. The number of nitrogens with zero attached hydrogens (tertiary/aromatic N) is 1. The molecular weight excluding hydrogens is 260 g/mol. The summed E-state index contributed by atoms with van der Waals surface area (Å²) in [5, 5.41) is 3.52. The molecule has 1 heterocycles. The van der Waals surface area contributed by atoms with Gasteiger partial charge < -0.3 is 15.0 Å². The van der Waals surface area contributed by atoms with Gasteiger partial charge in [-0.2, -0.15) is 0 Å². The highest BCUT2D eigenvalue weighted by Crippen LogP contribution is 2.31. The highest BCUT2D eigenvalue weighted by atomic mass is 16.5. The molecular formula is C18H22N2O. The summed E-state index contributed by atoms with van der Waals surface area (Å²) in [5.41, 5.74) is 3.55. The zero-order chi connectivity index (χ0) is 14.5. The number of methoxy groups -OCH3 is 1. The van der Waals surface area contributed by atoms with Crippen molar-refractivity contribution < 1.29 is 4.74 Å². The number of hydrogen-bond acceptors (Lipinski definition) is 3. The molecule has 21 heavy (non-hydrogen) atoms. The van der Waals surface area contributed by atoms with Crippen molar-refractivity contribution in [3.05, 3.63) is 48.5 Å². The molecule has 0 amide bonds. The number of rotatable bonds is 4. The zero-order valence-electron chi connectivity index (χ0n) is 12.5. The van der Waals surface area contributed by atoms with Gasteiger partial charge in [-0.25, -0.2) is 0 Å². The number of hydrogen-bond donors (Lipinski definition) is 1. The van der Waals surface area contributed by atoms with E-state index in [9.17, 15) is 0 Å². The lowest BCUT2D eigenvalue weighted by molar-refractivity contribution is 0.415. The summed E-state index contributed by atoms with van der Waals surface area (Å²) in [6, 6.07) is 16.6. The first-order chi connectivity index (χ1) is 10.4. The Kier molecular flexibility index (Phi) is 4.29. The molecule has 0 unspecified atom stereocenters. The maximum atomic E-state index is 5.20. The van der Waals surface area contributed by atoms with E-state index in [0.717, 1.165) is 24.5 Å². The fourth-order valence-electron chi connectivity index (χ4n) is 2.82. The largest absolute Gasteiger partial charge is 0.497 e. The molecule has 0 aliphatic carbocycles. The molecule has 110 valence electrons. The lowest BCUT2D eigenvalue weighted by Crippen LogP contribution is -2.29. The first-order valence-corrected chi connectivity index (χ1v) is 7.62. The van der Waals surface area contributed by atoms with Crippen molar-refractivity contribution in [2.75, 3.05) is 30.4 Å². The van der Waals surface area contributed by atoms with E-state index >= 15 is 0 Å². The Balaban J connectivity index is 1.80. The molecule has 3 nitrogen and oxygen atoms in total. The third-order valence-electron chi connectivity index (χ3n) is 3.97. The molecule has 1 N–H and O–H groups in total. The third-order valence-corrected chi connectivity index (χ3v) is 3.97. The molecule has 0 aromatic heterocycles. The Labute approximate surface area is 126 Å². The molecule has 1 saturated heterocycles. The molecule has 0 bridgehead atoms. The van der Waals surface area contributed by atoms with Crippen LogP contribution < -0.4 is 15.0 Å². The average molecular weight is 282 g/mol. The van der Waals surface area contributed by atoms with Gasteiger partial charge >= 0.3 is 0 Å². The normalized spacial score (nSPS) is 14.8. The number of benzene rings is 2. The second kappa shape index (κ2) is 6.53. The summed E-state index contributed by atoms with van der Waals surface area (Å²) < 4.78 is 5.20. The average Bonchev–Trinajstić information content (AvgIpc) is 2.57. The van der Waals surface area contributed by atoms with Gasteiger partial charge in [0.15, 0.2) is 0 Å². The van der Waals surface area contributed by atoms with Crippen LogP contribution in [0.5, 0.6) is 5.75 Å². The van der Waals surface area contributed by atoms with Gasteiger partial charge in [0.05, 0.1) is 18.5 Å². The second-order valence-corrected chi connectivity index (χ2v) is 5.42. The highest BCUT2D eigenvalue weighted by Gasteiger charge is 2.14. The Hall–Kier alpha value is -2.16. The standard InChI is InChI=1S/C18H22N2O/c1-21-16-11-9-15(10-12-16)19-17-7-3-4-8-18(17)20-13-5-2-6-14-20/h3-4,7-12,19H,2,5-6,13-14H2,1H3. The van der Waals surface area contributed by atoms with Crippen molar-refractivity contribution >= 4 is 17.1 Å². The molecule has 3 heteroatoms. The minimum Gasteiger partial charge on any atom is -0.497 e. The van der Waals surface area contributed by atoms with E-state index < -0.39 is 0 Å². The van der Waals surface area contributed by atoms with E-state index in [0.29, 0.717) is 0 Å². The fraction of sp³-hybridized carbons (Fsp3) is 0.333. The maximum absolute atomic E-state index is 5.20. The third kappa shape index (κ3) is 3.30. The van der Waals surface area contributed by atoms with Crippen LogP contribution in [0.1, 0.15) is 19.3 Å². The van der Waals surface area contributed by atoms with Gasteiger partial charge in [-0.05, 0) is 55.7 Å². The predicted octanol–water partition coefficient (Wildman–Crippen LogP) is 4.43. The summed E-state index contributed by atoms with van der Waals surface area (Å²) in [6.07, 6.45) is 3.93. The first-order valence-electron chi connectivity index (χ1n) is 7.62. The van der Waals surface area contributed by atoms with Crippen LogP contribution in [-0.4, -0.2) is 20.2 Å². The Morgan fingerprint density at radius 3 is 2.33 bits per heavy atom. The monoisotopic (exact) mass is 282 g/mol. The molecule has 1 aliphatic heterocycles. The van der Waals surface area contributed by atoms with Crippen molar-refractivity contribution in [3.8, 4) is 5.75 Å². The van der Waals surface area contributed by atoms with Crippen molar-refractivity contribution in [2.45, 2.75) is 19.3 Å². The van der Waals surface area contributed by atoms with Crippen molar-refractivity contribution in [1.82, 2.24) is 0 Å². The van der Waals surface area contributed by atoms with E-state index in [1.165, 1.54) is 30.6 Å². The number of anilines is 3. The molecule has 0 saturated carbocycles. The number of para-hydroxylation sites is 2. The summed E-state index contributed by atoms with van der Waals surface area (Å²) in [7, 11) is 1.69. The van der Waals surface area contributed by atoms with Crippen LogP contribution in [0.25, 0.3) is 0 Å². The van der Waals surface area contributed by atoms with E-state index in [4.69, 9.17) is 4.74 Å². The van der Waals surface area contributed by atoms with Gasteiger partial charge in [-0.3, -0.25) is 0 Å². The van der Waals surface area contributed by atoms with Crippen LogP contribution in [0, 0.1) is 0 Å². The molecule has 3 rings (SSSR count). The van der Waals surface area contributed by atoms with Gasteiger partial charge in [0, 0.05) is 18.8 Å². The van der Waals surface area contributed by atoms with Crippen LogP contribution in [-0.2, 0) is 0 Å². The molecule has 0 spiro atoms. The van der Waals surface area contributed by atoms with E-state index in [1.807, 2.05) is 24.3 Å². The smallest absolute Gasteiger partial charge is 0.119 e. The maximum Gasteiger partial charge on any atom is 0.119 e. The first kappa shape index (κ1) is 13.8. The fourth-order valence-corrected chi connectivity index (χ4v) is 2.82. The second-order valence-electron chi connectivity index (χ2n) is 5.42. The quantitative estimate of drug-likeness (QED) is 0.898. The molecule has 0 atom stereocenters. The topological polar surface area (TPSA) is 24.5 Å². The van der Waals surface area contributed by atoms with Crippen molar-refractivity contribution in [3.63, 3.8) is 0 Å². The lowest BCUT2D eigenvalue weighted by atomic mass is 10.1. The number of piperidine rings is 1. The summed E-state index contributed by atoms with van der Waals surface area (Å²) in [6.45, 7) is 2.31. The van der Waals surface area contributed by atoms with Gasteiger partial charge in [-0.15, -0.1) is 0 Å². The summed E-state index contributed by atoms with van der Waals surface area (Å²) in [5.74, 6) is 0.880. The Bertz CT molecular complexity index is 574. The van der Waals surface area contributed by atoms with Gasteiger partial charge in [-0.1, -0.05) is 12.1 Å². The van der Waals surface area contributed by atoms with E-state index in [-0.39, 0.29) is 0 Å². The van der Waals surface area contributed by atoms with Crippen LogP contribution >= 0.6 is 0 Å². The predicted molar refractivity (Wildman–Crippen MR) is 88.8 cm³/mol. The van der Waals surface area contributed by atoms with E-state index in [2.05, 4.69) is 34.5 Å². The molecule has 1 fully saturated rings. The van der Waals surface area contributed by atoms with Crippen LogP contribution in [0.4, 0.5) is 17.1 Å². The number of ether oxygens (including phenoxy) is 1. The van der Waals surface area contributed by atoms with Gasteiger partial charge in [0.1, 0.15) is 5.75 Å². The zero-order valence-corrected chi connectivity index (χ0v) is 12.5. The van der Waals surface area contributed by atoms with Crippen LogP contribution in [0.15, 0.2) is 48.5 Å². The Morgan fingerprint density at radius 1 is 0.905 bits per heavy atom. The van der Waals surface area contributed by atoms with Gasteiger partial charge in [0.25, 0.3) is 0 Å². The Morgan fingerprint density at radius 2 is 1.62 bits per heavy atom. The van der Waals surface area contributed by atoms with E-state index in [1.54, 1.807) is 7.11 Å². The lowest BCUT2D eigenvalue weighted by Gasteiger charge is -2.30. The molecule has 2 aromatic carbocycles.